The smallest absolute Gasteiger partial charge is 0.243 e. The minimum absolute atomic E-state index is 0.105. The van der Waals surface area contributed by atoms with Crippen LogP contribution in [0.15, 0.2) is 30.3 Å². The number of hydrogen-bond donors (Lipinski definition) is 2. The first-order valence-electron chi connectivity index (χ1n) is 5.85. The molecule has 3 N–H and O–H groups in total. The van der Waals surface area contributed by atoms with E-state index in [0.29, 0.717) is 6.54 Å². The van der Waals surface area contributed by atoms with Crippen molar-refractivity contribution in [2.45, 2.75) is 18.5 Å². The Morgan fingerprint density at radius 3 is 2.71 bits per heavy atom. The summed E-state index contributed by atoms with van der Waals surface area (Å²) in [6.07, 6.45) is 0.793. The molecular weight excluding hydrogens is 218 g/mol. The lowest BCUT2D eigenvalue weighted by atomic mass is 9.84. The zero-order valence-corrected chi connectivity index (χ0v) is 9.58. The average molecular weight is 235 g/mol. The molecule has 17 heavy (non-hydrogen) atoms. The van der Waals surface area contributed by atoms with E-state index in [4.69, 9.17) is 5.73 Å². The number of benzene rings is 1. The molecule has 0 aliphatic carbocycles. The molecule has 3 unspecified atom stereocenters. The van der Waals surface area contributed by atoms with Crippen molar-refractivity contribution in [1.82, 2.24) is 5.32 Å². The third kappa shape index (κ3) is 2.62. The van der Waals surface area contributed by atoms with Crippen LogP contribution in [0.2, 0.25) is 0 Å². The Labute approximate surface area is 100 Å². The molecule has 1 aliphatic rings. The maximum Gasteiger partial charge on any atom is 0.243 e. The van der Waals surface area contributed by atoms with E-state index in [1.807, 2.05) is 18.2 Å². The van der Waals surface area contributed by atoms with E-state index in [-0.39, 0.29) is 16.9 Å². The number of nitro groups is 1. The van der Waals surface area contributed by atoms with Crippen molar-refractivity contribution in [3.8, 4) is 0 Å². The number of nitrogens with one attached hydrogen (secondary N) is 1. The van der Waals surface area contributed by atoms with Crippen LogP contribution in [-0.4, -0.2) is 24.1 Å². The molecule has 1 aromatic carbocycles. The van der Waals surface area contributed by atoms with Gasteiger partial charge in [-0.05, 0) is 13.0 Å². The van der Waals surface area contributed by atoms with E-state index in [1.54, 1.807) is 12.1 Å². The maximum atomic E-state index is 11.3. The molecular formula is C12H17N3O2. The van der Waals surface area contributed by atoms with Crippen molar-refractivity contribution >= 4 is 0 Å². The van der Waals surface area contributed by atoms with Gasteiger partial charge in [-0.15, -0.1) is 0 Å². The van der Waals surface area contributed by atoms with Gasteiger partial charge in [0.25, 0.3) is 0 Å². The third-order valence-corrected chi connectivity index (χ3v) is 3.36. The van der Waals surface area contributed by atoms with Gasteiger partial charge in [-0.1, -0.05) is 30.3 Å². The lowest BCUT2D eigenvalue weighted by Crippen LogP contribution is -2.48. The van der Waals surface area contributed by atoms with Crippen LogP contribution in [0.3, 0.4) is 0 Å². The third-order valence-electron chi connectivity index (χ3n) is 3.36. The van der Waals surface area contributed by atoms with Crippen molar-refractivity contribution < 1.29 is 4.92 Å². The van der Waals surface area contributed by atoms with Gasteiger partial charge in [-0.3, -0.25) is 10.1 Å². The zero-order chi connectivity index (χ0) is 12.3. The SMILES string of the molecule is NC1CCNCC1C(c1ccccc1)[N+](=O)[O-]. The first-order valence-corrected chi connectivity index (χ1v) is 5.85. The first kappa shape index (κ1) is 12.0. The van der Waals surface area contributed by atoms with E-state index in [1.165, 1.54) is 0 Å². The molecule has 1 aromatic rings. The van der Waals surface area contributed by atoms with E-state index in [0.717, 1.165) is 18.5 Å². The Morgan fingerprint density at radius 2 is 2.12 bits per heavy atom. The fourth-order valence-electron chi connectivity index (χ4n) is 2.42. The summed E-state index contributed by atoms with van der Waals surface area (Å²) in [6, 6.07) is 8.30. The highest BCUT2D eigenvalue weighted by Gasteiger charge is 2.38. The standard InChI is InChI=1S/C12H17N3O2/c13-11-6-7-14-8-10(11)12(15(16)17)9-4-2-1-3-5-9/h1-5,10-12,14H,6-8,13H2. The Morgan fingerprint density at radius 1 is 1.41 bits per heavy atom. The lowest BCUT2D eigenvalue weighted by Gasteiger charge is -2.31. The Bertz CT molecular complexity index is 383. The molecule has 0 bridgehead atoms. The van der Waals surface area contributed by atoms with E-state index in [2.05, 4.69) is 5.32 Å². The highest BCUT2D eigenvalue weighted by molar-refractivity contribution is 5.19. The summed E-state index contributed by atoms with van der Waals surface area (Å²) >= 11 is 0. The van der Waals surface area contributed by atoms with Crippen LogP contribution >= 0.6 is 0 Å². The monoisotopic (exact) mass is 235 g/mol. The Hall–Kier alpha value is -1.46. The highest BCUT2D eigenvalue weighted by atomic mass is 16.6. The summed E-state index contributed by atoms with van der Waals surface area (Å²) in [4.78, 5) is 11.1. The van der Waals surface area contributed by atoms with Crippen molar-refractivity contribution in [3.63, 3.8) is 0 Å². The summed E-state index contributed by atoms with van der Waals surface area (Å²) in [5.74, 6) is -0.138. The van der Waals surface area contributed by atoms with Gasteiger partial charge in [-0.2, -0.15) is 0 Å². The molecule has 5 nitrogen and oxygen atoms in total. The summed E-state index contributed by atoms with van der Waals surface area (Å²) in [5.41, 5.74) is 6.75. The van der Waals surface area contributed by atoms with E-state index < -0.39 is 6.04 Å². The molecule has 1 fully saturated rings. The van der Waals surface area contributed by atoms with Gasteiger partial charge in [0.15, 0.2) is 0 Å². The van der Waals surface area contributed by atoms with Crippen LogP contribution in [0.4, 0.5) is 0 Å². The summed E-state index contributed by atoms with van der Waals surface area (Å²) in [5, 5.41) is 14.5. The van der Waals surface area contributed by atoms with Gasteiger partial charge in [0.1, 0.15) is 0 Å². The molecule has 0 amide bonds. The van der Waals surface area contributed by atoms with Crippen molar-refractivity contribution in [1.29, 1.82) is 0 Å². The van der Waals surface area contributed by atoms with Gasteiger partial charge >= 0.3 is 0 Å². The quantitative estimate of drug-likeness (QED) is 0.603. The largest absolute Gasteiger partial charge is 0.327 e. The summed E-state index contributed by atoms with van der Waals surface area (Å²) in [6.45, 7) is 1.46. The van der Waals surface area contributed by atoms with Gasteiger partial charge < -0.3 is 11.1 Å². The average Bonchev–Trinajstić information content (AvgIpc) is 2.33. The van der Waals surface area contributed by atoms with Crippen LogP contribution in [0.25, 0.3) is 0 Å². The van der Waals surface area contributed by atoms with E-state index in [9.17, 15) is 10.1 Å². The molecule has 1 aliphatic heterocycles. The maximum absolute atomic E-state index is 11.3. The predicted molar refractivity (Wildman–Crippen MR) is 65.1 cm³/mol. The highest BCUT2D eigenvalue weighted by Crippen LogP contribution is 2.29. The van der Waals surface area contributed by atoms with Gasteiger partial charge in [0.2, 0.25) is 6.04 Å². The molecule has 3 atom stereocenters. The fourth-order valence-corrected chi connectivity index (χ4v) is 2.42. The van der Waals surface area contributed by atoms with Gasteiger partial charge in [0.05, 0.1) is 5.92 Å². The molecule has 92 valence electrons. The van der Waals surface area contributed by atoms with Crippen LogP contribution in [0.5, 0.6) is 0 Å². The molecule has 0 spiro atoms. The summed E-state index contributed by atoms with van der Waals surface area (Å²) < 4.78 is 0. The number of nitrogens with zero attached hydrogens (tertiary/aromatic N) is 1. The van der Waals surface area contributed by atoms with Crippen molar-refractivity contribution in [2.75, 3.05) is 13.1 Å². The van der Waals surface area contributed by atoms with Crippen LogP contribution < -0.4 is 11.1 Å². The number of piperidine rings is 1. The second-order valence-corrected chi connectivity index (χ2v) is 4.46. The topological polar surface area (TPSA) is 81.2 Å². The number of hydrogen-bond acceptors (Lipinski definition) is 4. The predicted octanol–water partition coefficient (Wildman–Crippen LogP) is 0.941. The molecule has 0 aromatic heterocycles. The zero-order valence-electron chi connectivity index (χ0n) is 9.58. The molecule has 2 rings (SSSR count). The normalized spacial score (nSPS) is 26.4. The second-order valence-electron chi connectivity index (χ2n) is 4.46. The van der Waals surface area contributed by atoms with Crippen molar-refractivity contribution in [3.05, 3.63) is 46.0 Å². The lowest BCUT2D eigenvalue weighted by molar-refractivity contribution is -0.540. The molecule has 1 heterocycles. The fraction of sp³-hybridized carbons (Fsp3) is 0.500. The molecule has 0 radical (unpaired) electrons. The van der Waals surface area contributed by atoms with Crippen LogP contribution in [0, 0.1) is 16.0 Å². The number of nitrogens with two attached hydrogens (primary N) is 1. The second kappa shape index (κ2) is 5.25. The minimum atomic E-state index is -0.709. The van der Waals surface area contributed by atoms with Gasteiger partial charge in [-0.25, -0.2) is 0 Å². The van der Waals surface area contributed by atoms with Gasteiger partial charge in [0, 0.05) is 23.1 Å². The van der Waals surface area contributed by atoms with Crippen LogP contribution in [-0.2, 0) is 0 Å². The number of rotatable bonds is 3. The molecule has 1 saturated heterocycles. The van der Waals surface area contributed by atoms with Crippen LogP contribution in [0.1, 0.15) is 18.0 Å². The Kier molecular flexibility index (Phi) is 3.71. The van der Waals surface area contributed by atoms with Crippen molar-refractivity contribution in [2.24, 2.45) is 11.7 Å². The molecule has 0 saturated carbocycles. The molecule has 5 heteroatoms. The minimum Gasteiger partial charge on any atom is -0.327 e. The summed E-state index contributed by atoms with van der Waals surface area (Å²) in [7, 11) is 0. The Balaban J connectivity index is 2.26. The first-order chi connectivity index (χ1) is 8.20. The van der Waals surface area contributed by atoms with E-state index >= 15 is 0 Å².